The van der Waals surface area contributed by atoms with Gasteiger partial charge in [0.1, 0.15) is 0 Å². The molecule has 0 heterocycles. The van der Waals surface area contributed by atoms with Crippen molar-refractivity contribution in [3.8, 4) is 0 Å². The fraction of sp³-hybridized carbons (Fsp3) is 1.00. The normalized spacial score (nSPS) is 27.0. The van der Waals surface area contributed by atoms with E-state index in [-0.39, 0.29) is 0 Å². The Kier molecular flexibility index (Phi) is 9.29. The van der Waals surface area contributed by atoms with E-state index in [1.165, 1.54) is 109 Å². The zero-order valence-electron chi connectivity index (χ0n) is 13.6. The first-order chi connectivity index (χ1) is 9.95. The molecule has 0 nitrogen and oxygen atoms in total. The third kappa shape index (κ3) is 7.44. The van der Waals surface area contributed by atoms with Crippen molar-refractivity contribution >= 4 is 8.58 Å². The Morgan fingerprint density at radius 2 is 0.600 bits per heavy atom. The molecule has 0 unspecified atom stereocenters. The van der Waals surface area contributed by atoms with Crippen molar-refractivity contribution in [2.45, 2.75) is 120 Å². The van der Waals surface area contributed by atoms with Crippen molar-refractivity contribution in [2.24, 2.45) is 0 Å². The SMILES string of the molecule is C1CCCCCC([P]C2CCCCCCC2)CCCC1. The van der Waals surface area contributed by atoms with Gasteiger partial charge < -0.3 is 0 Å². The van der Waals surface area contributed by atoms with Crippen LogP contribution in [0.15, 0.2) is 0 Å². The van der Waals surface area contributed by atoms with Crippen LogP contribution in [0, 0.1) is 0 Å². The van der Waals surface area contributed by atoms with E-state index in [1.807, 2.05) is 8.58 Å². The number of hydrogen-bond acceptors (Lipinski definition) is 0. The molecule has 0 aromatic rings. The smallest absolute Gasteiger partial charge is 0.0168 e. The Bertz CT molecular complexity index is 206. The van der Waals surface area contributed by atoms with Crippen LogP contribution in [-0.2, 0) is 0 Å². The largest absolute Gasteiger partial charge is 0.0741 e. The van der Waals surface area contributed by atoms with Gasteiger partial charge in [-0.3, -0.25) is 0 Å². The molecule has 0 saturated heterocycles. The van der Waals surface area contributed by atoms with Gasteiger partial charge in [-0.1, -0.05) is 92.1 Å². The van der Waals surface area contributed by atoms with Crippen LogP contribution in [0.3, 0.4) is 0 Å². The van der Waals surface area contributed by atoms with E-state index >= 15 is 0 Å². The van der Waals surface area contributed by atoms with Gasteiger partial charge in [0.2, 0.25) is 0 Å². The van der Waals surface area contributed by atoms with E-state index in [0.29, 0.717) is 0 Å². The van der Waals surface area contributed by atoms with Crippen molar-refractivity contribution in [3.05, 3.63) is 0 Å². The molecular weight excluding hydrogens is 259 g/mol. The van der Waals surface area contributed by atoms with Gasteiger partial charge >= 0.3 is 0 Å². The minimum absolute atomic E-state index is 1.05. The van der Waals surface area contributed by atoms with Crippen LogP contribution in [0.2, 0.25) is 0 Å². The molecule has 0 bridgehead atoms. The molecule has 20 heavy (non-hydrogen) atoms. The molecule has 1 heteroatoms. The summed E-state index contributed by atoms with van der Waals surface area (Å²) in [7, 11) is 1.86. The molecular formula is C19H36P. The molecule has 0 aromatic carbocycles. The summed E-state index contributed by atoms with van der Waals surface area (Å²) < 4.78 is 0. The average molecular weight is 295 g/mol. The molecule has 2 saturated carbocycles. The van der Waals surface area contributed by atoms with Crippen molar-refractivity contribution < 1.29 is 0 Å². The van der Waals surface area contributed by atoms with Crippen molar-refractivity contribution in [1.29, 1.82) is 0 Å². The molecule has 0 atom stereocenters. The maximum atomic E-state index is 1.86. The second-order valence-electron chi connectivity index (χ2n) is 7.21. The van der Waals surface area contributed by atoms with Gasteiger partial charge in [-0.2, -0.15) is 0 Å². The molecule has 0 aromatic heterocycles. The third-order valence-electron chi connectivity index (χ3n) is 5.32. The Hall–Kier alpha value is 0.430. The molecule has 0 N–H and O–H groups in total. The second kappa shape index (κ2) is 11.1. The fourth-order valence-corrected chi connectivity index (χ4v) is 5.92. The van der Waals surface area contributed by atoms with Crippen molar-refractivity contribution in [3.63, 3.8) is 0 Å². The minimum Gasteiger partial charge on any atom is -0.0741 e. The van der Waals surface area contributed by atoms with Crippen molar-refractivity contribution in [2.75, 3.05) is 0 Å². The summed E-state index contributed by atoms with van der Waals surface area (Å²) in [5.41, 5.74) is 2.11. The maximum absolute atomic E-state index is 1.86. The summed E-state index contributed by atoms with van der Waals surface area (Å²) in [6.45, 7) is 0. The molecule has 2 fully saturated rings. The Morgan fingerprint density at radius 1 is 0.350 bits per heavy atom. The third-order valence-corrected chi connectivity index (χ3v) is 7.20. The summed E-state index contributed by atoms with van der Waals surface area (Å²) in [5.74, 6) is 0. The fourth-order valence-electron chi connectivity index (χ4n) is 4.00. The van der Waals surface area contributed by atoms with E-state index in [2.05, 4.69) is 0 Å². The molecule has 0 aliphatic heterocycles. The molecule has 0 amide bonds. The number of hydrogen-bond donors (Lipinski definition) is 0. The van der Waals surface area contributed by atoms with Crippen LogP contribution in [0.4, 0.5) is 0 Å². The average Bonchev–Trinajstić information content (AvgIpc) is 2.47. The highest BCUT2D eigenvalue weighted by molar-refractivity contribution is 7.39. The lowest BCUT2D eigenvalue weighted by molar-refractivity contribution is 0.506. The summed E-state index contributed by atoms with van der Waals surface area (Å²) in [4.78, 5) is 0. The van der Waals surface area contributed by atoms with Gasteiger partial charge in [-0.05, 0) is 37.0 Å². The first-order valence-electron chi connectivity index (χ1n) is 9.65. The standard InChI is InChI=1S/C19H36P/c1-2-4-7-11-15-18(14-10-6-3-1)20-19-16-12-8-5-9-13-17-19/h18-19H,1-17H2. The van der Waals surface area contributed by atoms with E-state index < -0.39 is 0 Å². The van der Waals surface area contributed by atoms with Gasteiger partial charge in [-0.25, -0.2) is 0 Å². The summed E-state index contributed by atoms with van der Waals surface area (Å²) in [5, 5.41) is 0. The molecule has 2 aliphatic rings. The van der Waals surface area contributed by atoms with Crippen molar-refractivity contribution in [1.82, 2.24) is 0 Å². The van der Waals surface area contributed by atoms with Gasteiger partial charge in [0.15, 0.2) is 0 Å². The zero-order chi connectivity index (χ0) is 13.9. The van der Waals surface area contributed by atoms with Crippen LogP contribution in [0.5, 0.6) is 0 Å². The predicted octanol–water partition coefficient (Wildman–Crippen LogP) is 7.33. The van der Waals surface area contributed by atoms with Crippen LogP contribution in [0.1, 0.15) is 109 Å². The van der Waals surface area contributed by atoms with E-state index in [1.54, 1.807) is 0 Å². The highest BCUT2D eigenvalue weighted by atomic mass is 31.1. The maximum Gasteiger partial charge on any atom is -0.0168 e. The minimum atomic E-state index is 1.05. The Balaban J connectivity index is 1.73. The van der Waals surface area contributed by atoms with Crippen LogP contribution in [0.25, 0.3) is 0 Å². The lowest BCUT2D eigenvalue weighted by Gasteiger charge is -2.24. The highest BCUT2D eigenvalue weighted by Crippen LogP contribution is 2.39. The van der Waals surface area contributed by atoms with Gasteiger partial charge in [0.05, 0.1) is 0 Å². The quantitative estimate of drug-likeness (QED) is 0.468. The Morgan fingerprint density at radius 3 is 0.900 bits per heavy atom. The molecule has 2 rings (SSSR count). The van der Waals surface area contributed by atoms with E-state index in [9.17, 15) is 0 Å². The topological polar surface area (TPSA) is 0 Å². The highest BCUT2D eigenvalue weighted by Gasteiger charge is 2.18. The first-order valence-corrected chi connectivity index (χ1v) is 10.7. The molecule has 1 radical (unpaired) electrons. The lowest BCUT2D eigenvalue weighted by Crippen LogP contribution is -2.11. The van der Waals surface area contributed by atoms with Gasteiger partial charge in [-0.15, -0.1) is 0 Å². The zero-order valence-corrected chi connectivity index (χ0v) is 14.5. The Labute approximate surface area is 129 Å². The van der Waals surface area contributed by atoms with E-state index in [4.69, 9.17) is 0 Å². The second-order valence-corrected chi connectivity index (χ2v) is 8.97. The van der Waals surface area contributed by atoms with Crippen LogP contribution in [-0.4, -0.2) is 11.3 Å². The molecule has 2 aliphatic carbocycles. The van der Waals surface area contributed by atoms with Crippen LogP contribution < -0.4 is 0 Å². The van der Waals surface area contributed by atoms with Gasteiger partial charge in [0.25, 0.3) is 0 Å². The van der Waals surface area contributed by atoms with Gasteiger partial charge in [0, 0.05) is 0 Å². The molecule has 117 valence electrons. The number of rotatable bonds is 2. The summed E-state index contributed by atoms with van der Waals surface area (Å²) in [6.07, 6.45) is 25.8. The lowest BCUT2D eigenvalue weighted by atomic mass is 10.0. The summed E-state index contributed by atoms with van der Waals surface area (Å²) in [6, 6.07) is 0. The summed E-state index contributed by atoms with van der Waals surface area (Å²) >= 11 is 0. The van der Waals surface area contributed by atoms with Crippen LogP contribution >= 0.6 is 8.58 Å². The first kappa shape index (κ1) is 16.8. The monoisotopic (exact) mass is 295 g/mol. The molecule has 0 spiro atoms. The predicted molar refractivity (Wildman–Crippen MR) is 93.0 cm³/mol. The van der Waals surface area contributed by atoms with E-state index in [0.717, 1.165) is 11.3 Å².